The average Bonchev–Trinajstić information content (AvgIpc) is 3.06. The number of aryl methyl sites for hydroxylation is 1. The van der Waals surface area contributed by atoms with Gasteiger partial charge in [-0.05, 0) is 25.3 Å². The molecular formula is C14H21ClN6O. The lowest BCUT2D eigenvalue weighted by Gasteiger charge is -2.32. The molecule has 22 heavy (non-hydrogen) atoms. The van der Waals surface area contributed by atoms with E-state index >= 15 is 0 Å². The number of aliphatic hydroxyl groups is 1. The Morgan fingerprint density at radius 3 is 2.95 bits per heavy atom. The van der Waals surface area contributed by atoms with Gasteiger partial charge in [0.25, 0.3) is 0 Å². The quantitative estimate of drug-likeness (QED) is 0.890. The van der Waals surface area contributed by atoms with Gasteiger partial charge in [0, 0.05) is 32.9 Å². The van der Waals surface area contributed by atoms with Crippen molar-refractivity contribution in [2.24, 2.45) is 13.0 Å². The summed E-state index contributed by atoms with van der Waals surface area (Å²) in [7, 11) is 1.89. The first-order chi connectivity index (χ1) is 10.6. The summed E-state index contributed by atoms with van der Waals surface area (Å²) in [6, 6.07) is 0. The molecule has 2 aromatic heterocycles. The molecule has 0 aromatic carbocycles. The zero-order valence-electron chi connectivity index (χ0n) is 12.7. The molecule has 1 saturated heterocycles. The van der Waals surface area contributed by atoms with Gasteiger partial charge in [-0.15, -0.1) is 5.10 Å². The second kappa shape index (κ2) is 6.76. The first kappa shape index (κ1) is 15.5. The van der Waals surface area contributed by atoms with Crippen LogP contribution >= 0.6 is 11.6 Å². The molecule has 1 aliphatic rings. The standard InChI is InChI=1S/C14H21ClN6O/c1-19-8-13(15)14(17-19)9-20-4-2-3-11(5-20)6-21-7-12(10-22)16-18-21/h7-8,11,22H,2-6,9-10H2,1H3/t11-/m1/s1. The minimum absolute atomic E-state index is 0.0605. The molecule has 3 rings (SSSR count). The van der Waals surface area contributed by atoms with Gasteiger partial charge in [-0.2, -0.15) is 5.10 Å². The topological polar surface area (TPSA) is 72.0 Å². The first-order valence-electron chi connectivity index (χ1n) is 7.54. The highest BCUT2D eigenvalue weighted by molar-refractivity contribution is 6.31. The van der Waals surface area contributed by atoms with Crippen molar-refractivity contribution >= 4 is 11.6 Å². The molecule has 1 fully saturated rings. The molecule has 0 spiro atoms. The highest BCUT2D eigenvalue weighted by Gasteiger charge is 2.22. The molecule has 1 N–H and O–H groups in total. The van der Waals surface area contributed by atoms with E-state index in [1.165, 1.54) is 6.42 Å². The Morgan fingerprint density at radius 2 is 2.27 bits per heavy atom. The number of nitrogens with zero attached hydrogens (tertiary/aromatic N) is 6. The first-order valence-corrected chi connectivity index (χ1v) is 7.92. The van der Waals surface area contributed by atoms with E-state index < -0.39 is 0 Å². The van der Waals surface area contributed by atoms with Crippen molar-refractivity contribution in [3.8, 4) is 0 Å². The fourth-order valence-corrected chi connectivity index (χ4v) is 3.27. The third-order valence-corrected chi connectivity index (χ3v) is 4.34. The smallest absolute Gasteiger partial charge is 0.108 e. The summed E-state index contributed by atoms with van der Waals surface area (Å²) in [5, 5.41) is 22.2. The third-order valence-electron chi connectivity index (χ3n) is 4.02. The van der Waals surface area contributed by atoms with Crippen molar-refractivity contribution in [1.29, 1.82) is 0 Å². The molecular weight excluding hydrogens is 304 g/mol. The summed E-state index contributed by atoms with van der Waals surface area (Å²) < 4.78 is 3.58. The average molecular weight is 325 g/mol. The molecule has 0 saturated carbocycles. The number of hydrogen-bond acceptors (Lipinski definition) is 5. The van der Waals surface area contributed by atoms with Gasteiger partial charge in [-0.1, -0.05) is 16.8 Å². The molecule has 0 aliphatic carbocycles. The molecule has 8 heteroatoms. The number of hydrogen-bond donors (Lipinski definition) is 1. The van der Waals surface area contributed by atoms with Crippen molar-refractivity contribution in [3.63, 3.8) is 0 Å². The zero-order valence-corrected chi connectivity index (χ0v) is 13.4. The molecule has 2 aromatic rings. The maximum atomic E-state index is 9.05. The van der Waals surface area contributed by atoms with Crippen LogP contribution in [-0.2, 0) is 26.7 Å². The Bertz CT molecular complexity index is 625. The number of rotatable bonds is 5. The van der Waals surface area contributed by atoms with Crippen molar-refractivity contribution < 1.29 is 5.11 Å². The monoisotopic (exact) mass is 324 g/mol. The van der Waals surface area contributed by atoms with Crippen LogP contribution in [-0.4, -0.2) is 47.9 Å². The highest BCUT2D eigenvalue weighted by Crippen LogP contribution is 2.22. The predicted molar refractivity (Wildman–Crippen MR) is 82.2 cm³/mol. The van der Waals surface area contributed by atoms with Crippen LogP contribution < -0.4 is 0 Å². The fraction of sp³-hybridized carbons (Fsp3) is 0.643. The maximum absolute atomic E-state index is 9.05. The van der Waals surface area contributed by atoms with Crippen LogP contribution in [0.1, 0.15) is 24.2 Å². The number of aromatic nitrogens is 5. The molecule has 0 amide bonds. The highest BCUT2D eigenvalue weighted by atomic mass is 35.5. The van der Waals surface area contributed by atoms with E-state index in [1.807, 2.05) is 24.1 Å². The number of likely N-dealkylation sites (tertiary alicyclic amines) is 1. The van der Waals surface area contributed by atoms with E-state index in [0.29, 0.717) is 11.6 Å². The Kier molecular flexibility index (Phi) is 4.75. The van der Waals surface area contributed by atoms with Gasteiger partial charge in [0.2, 0.25) is 0 Å². The van der Waals surface area contributed by atoms with Gasteiger partial charge in [0.1, 0.15) is 5.69 Å². The van der Waals surface area contributed by atoms with Crippen molar-refractivity contribution in [3.05, 3.63) is 28.8 Å². The molecule has 7 nitrogen and oxygen atoms in total. The van der Waals surface area contributed by atoms with Crippen LogP contribution in [0, 0.1) is 5.92 Å². The van der Waals surface area contributed by atoms with Gasteiger partial charge >= 0.3 is 0 Å². The lowest BCUT2D eigenvalue weighted by atomic mass is 9.98. The molecule has 1 atom stereocenters. The van der Waals surface area contributed by atoms with Crippen LogP contribution in [0.25, 0.3) is 0 Å². The number of piperidine rings is 1. The molecule has 0 bridgehead atoms. The van der Waals surface area contributed by atoms with Crippen molar-refractivity contribution in [2.45, 2.75) is 32.5 Å². The number of aliphatic hydroxyl groups excluding tert-OH is 1. The number of halogens is 1. The molecule has 0 radical (unpaired) electrons. The summed E-state index contributed by atoms with van der Waals surface area (Å²) >= 11 is 6.19. The zero-order chi connectivity index (χ0) is 15.5. The van der Waals surface area contributed by atoms with E-state index in [9.17, 15) is 0 Å². The molecule has 3 heterocycles. The van der Waals surface area contributed by atoms with E-state index in [0.717, 1.165) is 43.3 Å². The Labute approximate surface area is 134 Å². The van der Waals surface area contributed by atoms with Gasteiger partial charge in [-0.3, -0.25) is 14.3 Å². The van der Waals surface area contributed by atoms with Crippen LogP contribution in [0.15, 0.2) is 12.4 Å². The SMILES string of the molecule is Cn1cc(Cl)c(CN2CCC[C@@H](Cn3cc(CO)nn3)C2)n1. The van der Waals surface area contributed by atoms with E-state index in [4.69, 9.17) is 16.7 Å². The van der Waals surface area contributed by atoms with Gasteiger partial charge < -0.3 is 5.11 Å². The third kappa shape index (κ3) is 3.66. The van der Waals surface area contributed by atoms with Crippen LogP contribution in [0.4, 0.5) is 0 Å². The normalized spacial score (nSPS) is 19.7. The minimum Gasteiger partial charge on any atom is -0.390 e. The van der Waals surface area contributed by atoms with Crippen LogP contribution in [0.5, 0.6) is 0 Å². The van der Waals surface area contributed by atoms with Gasteiger partial charge in [-0.25, -0.2) is 0 Å². The summed E-state index contributed by atoms with van der Waals surface area (Å²) in [5.41, 5.74) is 1.56. The molecule has 1 aliphatic heterocycles. The fourth-order valence-electron chi connectivity index (χ4n) is 3.03. The Morgan fingerprint density at radius 1 is 1.41 bits per heavy atom. The minimum atomic E-state index is -0.0605. The molecule has 120 valence electrons. The Hall–Kier alpha value is -1.44. The summed E-state index contributed by atoms with van der Waals surface area (Å²) in [6.07, 6.45) is 6.00. The summed E-state index contributed by atoms with van der Waals surface area (Å²) in [4.78, 5) is 2.40. The van der Waals surface area contributed by atoms with E-state index in [1.54, 1.807) is 4.68 Å². The van der Waals surface area contributed by atoms with Crippen molar-refractivity contribution in [2.75, 3.05) is 13.1 Å². The van der Waals surface area contributed by atoms with Gasteiger partial charge in [0.05, 0.1) is 23.5 Å². The van der Waals surface area contributed by atoms with Crippen molar-refractivity contribution in [1.82, 2.24) is 29.7 Å². The molecule has 0 unspecified atom stereocenters. The largest absolute Gasteiger partial charge is 0.390 e. The maximum Gasteiger partial charge on any atom is 0.108 e. The Balaban J connectivity index is 1.58. The second-order valence-electron chi connectivity index (χ2n) is 5.93. The van der Waals surface area contributed by atoms with E-state index in [-0.39, 0.29) is 6.61 Å². The van der Waals surface area contributed by atoms with Crippen LogP contribution in [0.2, 0.25) is 5.02 Å². The second-order valence-corrected chi connectivity index (χ2v) is 6.34. The predicted octanol–water partition coefficient (Wildman–Crippen LogP) is 1.07. The van der Waals surface area contributed by atoms with Gasteiger partial charge in [0.15, 0.2) is 0 Å². The van der Waals surface area contributed by atoms with E-state index in [2.05, 4.69) is 20.3 Å². The lowest BCUT2D eigenvalue weighted by molar-refractivity contribution is 0.151. The summed E-state index contributed by atoms with van der Waals surface area (Å²) in [5.74, 6) is 0.532. The lowest BCUT2D eigenvalue weighted by Crippen LogP contribution is -2.36. The summed E-state index contributed by atoms with van der Waals surface area (Å²) in [6.45, 7) is 3.63. The van der Waals surface area contributed by atoms with Crippen LogP contribution in [0.3, 0.4) is 0 Å².